The highest BCUT2D eigenvalue weighted by Crippen LogP contribution is 2.44. The van der Waals surface area contributed by atoms with Gasteiger partial charge in [0.1, 0.15) is 5.82 Å². The highest BCUT2D eigenvalue weighted by atomic mass is 19.1. The number of halogens is 1. The first kappa shape index (κ1) is 18.0. The van der Waals surface area contributed by atoms with Gasteiger partial charge in [0.15, 0.2) is 11.6 Å². The summed E-state index contributed by atoms with van der Waals surface area (Å²) in [5.74, 6) is -0.294. The molecule has 0 amide bonds. The predicted octanol–water partition coefficient (Wildman–Crippen LogP) is 5.20. The summed E-state index contributed by atoms with van der Waals surface area (Å²) in [7, 11) is 0. The Bertz CT molecular complexity index is 917. The van der Waals surface area contributed by atoms with Gasteiger partial charge in [-0.05, 0) is 41.4 Å². The molecule has 0 fully saturated rings. The summed E-state index contributed by atoms with van der Waals surface area (Å²) >= 11 is 0. The molecule has 0 saturated carbocycles. The highest BCUT2D eigenvalue weighted by molar-refractivity contribution is 6.12. The van der Waals surface area contributed by atoms with Crippen LogP contribution in [-0.2, 0) is 12.8 Å². The molecule has 3 nitrogen and oxygen atoms in total. The summed E-state index contributed by atoms with van der Waals surface area (Å²) in [5.41, 5.74) is 3.75. The maximum absolute atomic E-state index is 13.5. The van der Waals surface area contributed by atoms with Crippen molar-refractivity contribution in [3.63, 3.8) is 0 Å². The third kappa shape index (κ3) is 3.11. The molecule has 0 N–H and O–H groups in total. The van der Waals surface area contributed by atoms with Gasteiger partial charge >= 0.3 is 0 Å². The standard InChI is InChI=1S/C23H24FNO2/c1-22(2)9-15-20(17(26)11-22)19(13-5-7-14(24)8-6-13)21-16(25-15)10-23(3,4)12-18(21)27/h5-8H,9-12H2,1-4H3. The van der Waals surface area contributed by atoms with Gasteiger partial charge in [-0.25, -0.2) is 4.39 Å². The zero-order valence-electron chi connectivity index (χ0n) is 16.3. The number of benzene rings is 1. The summed E-state index contributed by atoms with van der Waals surface area (Å²) in [4.78, 5) is 30.9. The molecule has 0 radical (unpaired) electrons. The fourth-order valence-electron chi connectivity index (χ4n) is 4.53. The van der Waals surface area contributed by atoms with E-state index in [0.717, 1.165) is 11.4 Å². The Balaban J connectivity index is 2.05. The minimum absolute atomic E-state index is 0.0218. The van der Waals surface area contributed by atoms with E-state index in [2.05, 4.69) is 27.7 Å². The van der Waals surface area contributed by atoms with Crippen LogP contribution in [0.25, 0.3) is 11.1 Å². The lowest BCUT2D eigenvalue weighted by Crippen LogP contribution is -2.33. The molecule has 4 rings (SSSR count). The topological polar surface area (TPSA) is 47.0 Å². The Morgan fingerprint density at radius 1 is 0.741 bits per heavy atom. The SMILES string of the molecule is CC1(C)CC(=O)c2c(nc3c(c2-c2ccc(F)cc2)C(=O)CC(C)(C)C3)C1. The minimum Gasteiger partial charge on any atom is -0.294 e. The Morgan fingerprint density at radius 3 is 1.63 bits per heavy atom. The fourth-order valence-corrected chi connectivity index (χ4v) is 4.53. The van der Waals surface area contributed by atoms with Crippen LogP contribution in [0.4, 0.5) is 4.39 Å². The van der Waals surface area contributed by atoms with Gasteiger partial charge in [-0.1, -0.05) is 39.8 Å². The van der Waals surface area contributed by atoms with Crippen LogP contribution in [-0.4, -0.2) is 16.6 Å². The van der Waals surface area contributed by atoms with Gasteiger partial charge in [0, 0.05) is 29.5 Å². The lowest BCUT2D eigenvalue weighted by molar-refractivity contribution is 0.0907. The van der Waals surface area contributed by atoms with E-state index in [1.165, 1.54) is 12.1 Å². The lowest BCUT2D eigenvalue weighted by atomic mass is 9.69. The molecule has 0 saturated heterocycles. The van der Waals surface area contributed by atoms with E-state index in [4.69, 9.17) is 4.98 Å². The van der Waals surface area contributed by atoms with Crippen molar-refractivity contribution in [3.8, 4) is 11.1 Å². The van der Waals surface area contributed by atoms with Crippen molar-refractivity contribution in [2.24, 2.45) is 10.8 Å². The van der Waals surface area contributed by atoms with Crippen molar-refractivity contribution >= 4 is 11.6 Å². The zero-order chi connectivity index (χ0) is 19.6. The normalized spacial score (nSPS) is 20.2. The predicted molar refractivity (Wildman–Crippen MR) is 102 cm³/mol. The molecule has 0 bridgehead atoms. The molecule has 27 heavy (non-hydrogen) atoms. The van der Waals surface area contributed by atoms with Gasteiger partial charge in [-0.15, -0.1) is 0 Å². The summed E-state index contributed by atoms with van der Waals surface area (Å²) < 4.78 is 13.5. The van der Waals surface area contributed by atoms with Crippen molar-refractivity contribution in [1.29, 1.82) is 0 Å². The van der Waals surface area contributed by atoms with Crippen LogP contribution in [0.15, 0.2) is 24.3 Å². The van der Waals surface area contributed by atoms with Crippen LogP contribution in [0, 0.1) is 16.6 Å². The number of nitrogens with zero attached hydrogens (tertiary/aromatic N) is 1. The maximum atomic E-state index is 13.5. The Hall–Kier alpha value is -2.36. The van der Waals surface area contributed by atoms with E-state index < -0.39 is 0 Å². The van der Waals surface area contributed by atoms with E-state index in [1.807, 2.05) is 0 Å². The number of fused-ring (bicyclic) bond motifs is 2. The first-order valence-corrected chi connectivity index (χ1v) is 9.44. The number of rotatable bonds is 1. The van der Waals surface area contributed by atoms with Crippen LogP contribution in [0.3, 0.4) is 0 Å². The third-order valence-electron chi connectivity index (χ3n) is 5.61. The number of hydrogen-bond acceptors (Lipinski definition) is 3. The molecule has 1 aromatic carbocycles. The van der Waals surface area contributed by atoms with E-state index in [1.54, 1.807) is 12.1 Å². The summed E-state index contributed by atoms with van der Waals surface area (Å²) in [6.45, 7) is 8.28. The quantitative estimate of drug-likeness (QED) is 0.698. The zero-order valence-corrected chi connectivity index (χ0v) is 16.3. The Morgan fingerprint density at radius 2 is 1.19 bits per heavy atom. The van der Waals surface area contributed by atoms with Crippen molar-refractivity contribution in [1.82, 2.24) is 4.98 Å². The number of hydrogen-bond donors (Lipinski definition) is 0. The van der Waals surface area contributed by atoms with Crippen LogP contribution >= 0.6 is 0 Å². The van der Waals surface area contributed by atoms with Crippen molar-refractivity contribution in [3.05, 3.63) is 52.6 Å². The molecule has 2 aliphatic rings. The van der Waals surface area contributed by atoms with Gasteiger partial charge < -0.3 is 0 Å². The second-order valence-corrected chi connectivity index (χ2v) is 9.52. The number of carbonyl (C=O) groups is 2. The van der Waals surface area contributed by atoms with Gasteiger partial charge in [0.25, 0.3) is 0 Å². The molecular weight excluding hydrogens is 341 g/mol. The number of carbonyl (C=O) groups excluding carboxylic acids is 2. The second-order valence-electron chi connectivity index (χ2n) is 9.52. The van der Waals surface area contributed by atoms with Crippen molar-refractivity contribution < 1.29 is 14.0 Å². The average Bonchev–Trinajstić information content (AvgIpc) is 2.51. The smallest absolute Gasteiger partial charge is 0.165 e. The van der Waals surface area contributed by atoms with Crippen molar-refractivity contribution in [2.45, 2.75) is 53.4 Å². The number of aromatic nitrogens is 1. The average molecular weight is 365 g/mol. The number of Topliss-reactive ketones (excluding diaryl/α,β-unsaturated/α-hetero) is 2. The van der Waals surface area contributed by atoms with Crippen LogP contribution in [0.2, 0.25) is 0 Å². The van der Waals surface area contributed by atoms with Gasteiger partial charge in [0.2, 0.25) is 0 Å². The van der Waals surface area contributed by atoms with Gasteiger partial charge in [0.05, 0.1) is 11.4 Å². The lowest BCUT2D eigenvalue weighted by Gasteiger charge is -2.35. The van der Waals surface area contributed by atoms with E-state index in [0.29, 0.717) is 47.9 Å². The second kappa shape index (κ2) is 5.82. The number of pyridine rings is 1. The Labute approximate surface area is 159 Å². The molecule has 2 aliphatic carbocycles. The van der Waals surface area contributed by atoms with Crippen LogP contribution in [0.1, 0.15) is 72.6 Å². The van der Waals surface area contributed by atoms with Crippen molar-refractivity contribution in [2.75, 3.05) is 0 Å². The van der Waals surface area contributed by atoms with E-state index >= 15 is 0 Å². The van der Waals surface area contributed by atoms with Crippen LogP contribution in [0.5, 0.6) is 0 Å². The molecule has 1 aromatic heterocycles. The summed E-state index contributed by atoms with van der Waals surface area (Å²) in [5, 5.41) is 0. The molecule has 1 heterocycles. The largest absolute Gasteiger partial charge is 0.294 e. The molecule has 0 spiro atoms. The monoisotopic (exact) mass is 365 g/mol. The third-order valence-corrected chi connectivity index (χ3v) is 5.61. The fraction of sp³-hybridized carbons (Fsp3) is 0.435. The summed E-state index contributed by atoms with van der Waals surface area (Å²) in [6.07, 6.45) is 2.25. The maximum Gasteiger partial charge on any atom is 0.165 e. The molecular formula is C23H24FNO2. The van der Waals surface area contributed by atoms with E-state index in [9.17, 15) is 14.0 Å². The Kier molecular flexibility index (Phi) is 3.88. The van der Waals surface area contributed by atoms with Crippen LogP contribution < -0.4 is 0 Å². The van der Waals surface area contributed by atoms with Gasteiger partial charge in [-0.2, -0.15) is 0 Å². The first-order valence-electron chi connectivity index (χ1n) is 9.44. The summed E-state index contributed by atoms with van der Waals surface area (Å²) in [6, 6.07) is 6.07. The van der Waals surface area contributed by atoms with Gasteiger partial charge in [-0.3, -0.25) is 14.6 Å². The highest BCUT2D eigenvalue weighted by Gasteiger charge is 2.40. The number of ketones is 2. The first-order chi connectivity index (χ1) is 12.6. The molecule has 0 unspecified atom stereocenters. The minimum atomic E-state index is -0.338. The molecule has 0 aliphatic heterocycles. The molecule has 0 atom stereocenters. The molecule has 2 aromatic rings. The molecule has 140 valence electrons. The molecule has 4 heteroatoms. The van der Waals surface area contributed by atoms with E-state index in [-0.39, 0.29) is 28.2 Å².